The van der Waals surface area contributed by atoms with Gasteiger partial charge in [-0.25, -0.2) is 0 Å². The smallest absolute Gasteiger partial charge is 0.174 e. The molecule has 0 heterocycles. The highest BCUT2D eigenvalue weighted by molar-refractivity contribution is 5.27. The van der Waals surface area contributed by atoms with Crippen LogP contribution in [-0.2, 0) is 6.54 Å². The minimum Gasteiger partial charge on any atom is -0.479 e. The molecular formula is C17H24N2O. The summed E-state index contributed by atoms with van der Waals surface area (Å²) in [5.74, 6) is 2.40. The summed E-state index contributed by atoms with van der Waals surface area (Å²) in [4.78, 5) is 0. The zero-order chi connectivity index (χ0) is 14.4. The molecule has 3 heteroatoms. The monoisotopic (exact) mass is 272 g/mol. The molecule has 0 amide bonds. The number of nitriles is 1. The fourth-order valence-corrected chi connectivity index (χ4v) is 3.04. The number of hydrogen-bond acceptors (Lipinski definition) is 3. The van der Waals surface area contributed by atoms with Gasteiger partial charge in [0.05, 0.1) is 0 Å². The maximum Gasteiger partial charge on any atom is 0.174 e. The van der Waals surface area contributed by atoms with E-state index >= 15 is 0 Å². The number of hydrogen-bond donors (Lipinski definition) is 1. The van der Waals surface area contributed by atoms with Crippen molar-refractivity contribution in [2.24, 2.45) is 11.8 Å². The number of rotatable bonds is 5. The second-order valence-corrected chi connectivity index (χ2v) is 5.97. The van der Waals surface area contributed by atoms with Gasteiger partial charge in [-0.3, -0.25) is 0 Å². The maximum absolute atomic E-state index is 8.47. The molecule has 0 aliphatic heterocycles. The highest BCUT2D eigenvalue weighted by atomic mass is 16.5. The van der Waals surface area contributed by atoms with Crippen LogP contribution in [0.5, 0.6) is 5.75 Å². The van der Waals surface area contributed by atoms with Gasteiger partial charge < -0.3 is 10.1 Å². The number of ether oxygens (including phenoxy) is 1. The second-order valence-electron chi connectivity index (χ2n) is 5.97. The van der Waals surface area contributed by atoms with Gasteiger partial charge in [0.2, 0.25) is 0 Å². The predicted molar refractivity (Wildman–Crippen MR) is 80.4 cm³/mol. The van der Waals surface area contributed by atoms with E-state index in [9.17, 15) is 0 Å². The van der Waals surface area contributed by atoms with Crippen LogP contribution in [0.2, 0.25) is 0 Å². The van der Waals surface area contributed by atoms with Crippen LogP contribution < -0.4 is 10.1 Å². The lowest BCUT2D eigenvalue weighted by atomic mass is 9.80. The lowest BCUT2D eigenvalue weighted by Crippen LogP contribution is -2.38. The summed E-state index contributed by atoms with van der Waals surface area (Å²) in [5, 5.41) is 12.1. The largest absolute Gasteiger partial charge is 0.479 e. The molecule has 1 aliphatic carbocycles. The maximum atomic E-state index is 8.47. The minimum atomic E-state index is 0.107. The van der Waals surface area contributed by atoms with Crippen molar-refractivity contribution in [1.29, 1.82) is 5.26 Å². The molecule has 3 unspecified atom stereocenters. The molecule has 0 aromatic heterocycles. The average Bonchev–Trinajstić information content (AvgIpc) is 2.45. The van der Waals surface area contributed by atoms with Gasteiger partial charge in [-0.05, 0) is 48.8 Å². The highest BCUT2D eigenvalue weighted by Crippen LogP contribution is 2.28. The highest BCUT2D eigenvalue weighted by Gasteiger charge is 2.24. The van der Waals surface area contributed by atoms with E-state index < -0.39 is 0 Å². The van der Waals surface area contributed by atoms with Crippen LogP contribution in [0.25, 0.3) is 0 Å². The molecule has 0 bridgehead atoms. The molecule has 1 aromatic rings. The van der Waals surface area contributed by atoms with Gasteiger partial charge in [-0.1, -0.05) is 26.0 Å². The lowest BCUT2D eigenvalue weighted by Gasteiger charge is -2.33. The Morgan fingerprint density at radius 2 is 2.00 bits per heavy atom. The van der Waals surface area contributed by atoms with Crippen molar-refractivity contribution in [1.82, 2.24) is 5.32 Å². The third-order valence-electron chi connectivity index (χ3n) is 4.23. The second kappa shape index (κ2) is 7.31. The molecule has 1 aromatic carbocycles. The predicted octanol–water partition coefficient (Wildman–Crippen LogP) is 3.50. The molecule has 2 rings (SSSR count). The first-order valence-corrected chi connectivity index (χ1v) is 7.51. The molecule has 0 radical (unpaired) electrons. The van der Waals surface area contributed by atoms with Crippen molar-refractivity contribution in [3.05, 3.63) is 29.8 Å². The van der Waals surface area contributed by atoms with Crippen molar-refractivity contribution in [3.8, 4) is 11.8 Å². The summed E-state index contributed by atoms with van der Waals surface area (Å²) in [5.41, 5.74) is 1.26. The van der Waals surface area contributed by atoms with E-state index in [1.807, 2.05) is 18.2 Å². The normalized spacial score (nSPS) is 25.9. The van der Waals surface area contributed by atoms with E-state index in [0.717, 1.165) is 24.1 Å². The van der Waals surface area contributed by atoms with Crippen LogP contribution in [0.3, 0.4) is 0 Å². The first-order chi connectivity index (χ1) is 9.69. The van der Waals surface area contributed by atoms with Crippen LogP contribution in [-0.4, -0.2) is 12.6 Å². The van der Waals surface area contributed by atoms with Crippen LogP contribution in [0.4, 0.5) is 0 Å². The van der Waals surface area contributed by atoms with Crippen LogP contribution in [0.1, 0.15) is 38.7 Å². The van der Waals surface area contributed by atoms with Gasteiger partial charge in [0.25, 0.3) is 0 Å². The Kier molecular flexibility index (Phi) is 5.43. The zero-order valence-electron chi connectivity index (χ0n) is 12.4. The van der Waals surface area contributed by atoms with E-state index in [2.05, 4.69) is 31.3 Å². The first kappa shape index (κ1) is 14.9. The quantitative estimate of drug-likeness (QED) is 0.892. The van der Waals surface area contributed by atoms with E-state index in [1.54, 1.807) is 0 Å². The van der Waals surface area contributed by atoms with E-state index in [1.165, 1.54) is 24.8 Å². The molecule has 108 valence electrons. The average molecular weight is 272 g/mol. The van der Waals surface area contributed by atoms with Crippen molar-refractivity contribution in [3.63, 3.8) is 0 Å². The molecule has 3 nitrogen and oxygen atoms in total. The zero-order valence-corrected chi connectivity index (χ0v) is 12.4. The Labute approximate surface area is 121 Å². The first-order valence-electron chi connectivity index (χ1n) is 7.51. The molecule has 1 fully saturated rings. The van der Waals surface area contributed by atoms with E-state index in [-0.39, 0.29) is 6.61 Å². The summed E-state index contributed by atoms with van der Waals surface area (Å²) in [7, 11) is 0. The molecule has 3 atom stereocenters. The van der Waals surface area contributed by atoms with Crippen molar-refractivity contribution in [2.45, 2.75) is 45.7 Å². The van der Waals surface area contributed by atoms with Crippen molar-refractivity contribution in [2.75, 3.05) is 6.61 Å². The number of benzene rings is 1. The minimum absolute atomic E-state index is 0.107. The van der Waals surface area contributed by atoms with E-state index in [0.29, 0.717) is 6.04 Å². The molecular weight excluding hydrogens is 248 g/mol. The van der Waals surface area contributed by atoms with Gasteiger partial charge >= 0.3 is 0 Å². The summed E-state index contributed by atoms with van der Waals surface area (Å²) in [6.45, 7) is 5.72. The third-order valence-corrected chi connectivity index (χ3v) is 4.23. The fourth-order valence-electron chi connectivity index (χ4n) is 3.04. The van der Waals surface area contributed by atoms with Gasteiger partial charge in [-0.15, -0.1) is 0 Å². The SMILES string of the molecule is CC1CCC(NCc2ccc(OCC#N)cc2)C(C)C1. The molecule has 0 spiro atoms. The van der Waals surface area contributed by atoms with Gasteiger partial charge in [0, 0.05) is 12.6 Å². The number of nitrogens with one attached hydrogen (secondary N) is 1. The van der Waals surface area contributed by atoms with E-state index in [4.69, 9.17) is 10.00 Å². The van der Waals surface area contributed by atoms with Crippen molar-refractivity contribution < 1.29 is 4.74 Å². The topological polar surface area (TPSA) is 45.0 Å². The summed E-state index contributed by atoms with van der Waals surface area (Å²) in [6, 6.07) is 10.6. The van der Waals surface area contributed by atoms with Crippen LogP contribution in [0.15, 0.2) is 24.3 Å². The standard InChI is InChI=1S/C17H24N2O/c1-13-3-8-17(14(2)11-13)19-12-15-4-6-16(7-5-15)20-10-9-18/h4-7,13-14,17,19H,3,8,10-12H2,1-2H3. The summed E-state index contributed by atoms with van der Waals surface area (Å²) < 4.78 is 5.25. The van der Waals surface area contributed by atoms with Gasteiger partial charge in [0.15, 0.2) is 6.61 Å². The molecule has 1 aliphatic rings. The Hall–Kier alpha value is -1.53. The van der Waals surface area contributed by atoms with Gasteiger partial charge in [0.1, 0.15) is 11.8 Å². The van der Waals surface area contributed by atoms with Crippen molar-refractivity contribution >= 4 is 0 Å². The Morgan fingerprint density at radius 3 is 2.65 bits per heavy atom. The van der Waals surface area contributed by atoms with Crippen LogP contribution in [0, 0.1) is 23.2 Å². The number of nitrogens with zero attached hydrogens (tertiary/aromatic N) is 1. The van der Waals surface area contributed by atoms with Gasteiger partial charge in [-0.2, -0.15) is 5.26 Å². The molecule has 20 heavy (non-hydrogen) atoms. The Morgan fingerprint density at radius 1 is 1.25 bits per heavy atom. The Bertz CT molecular complexity index is 449. The molecule has 1 N–H and O–H groups in total. The lowest BCUT2D eigenvalue weighted by molar-refractivity contribution is 0.227. The Balaban J connectivity index is 1.80. The fraction of sp³-hybridized carbons (Fsp3) is 0.588. The summed E-state index contributed by atoms with van der Waals surface area (Å²) >= 11 is 0. The summed E-state index contributed by atoms with van der Waals surface area (Å²) in [6.07, 6.45) is 3.95. The molecule has 0 saturated heterocycles. The molecule has 1 saturated carbocycles. The van der Waals surface area contributed by atoms with Crippen LogP contribution >= 0.6 is 0 Å². The third kappa shape index (κ3) is 4.25.